The van der Waals surface area contributed by atoms with Crippen molar-refractivity contribution in [3.63, 3.8) is 0 Å². The first-order valence-electron chi connectivity index (χ1n) is 7.75. The molecule has 1 aliphatic heterocycles. The van der Waals surface area contributed by atoms with Gasteiger partial charge in [0.05, 0.1) is 5.56 Å². The van der Waals surface area contributed by atoms with E-state index >= 15 is 0 Å². The molecule has 0 amide bonds. The van der Waals surface area contributed by atoms with E-state index in [1.165, 1.54) is 42.6 Å². The lowest BCUT2D eigenvalue weighted by Gasteiger charge is -2.15. The Balaban J connectivity index is 1.98. The summed E-state index contributed by atoms with van der Waals surface area (Å²) in [5.41, 5.74) is 5.68. The van der Waals surface area contributed by atoms with Gasteiger partial charge in [-0.1, -0.05) is 30.3 Å². The zero-order chi connectivity index (χ0) is 14.7. The molecule has 2 aromatic carbocycles. The molecule has 0 saturated carbocycles. The van der Waals surface area contributed by atoms with Gasteiger partial charge in [-0.25, -0.2) is 0 Å². The lowest BCUT2D eigenvalue weighted by atomic mass is 9.95. The van der Waals surface area contributed by atoms with Crippen LogP contribution in [0.1, 0.15) is 11.1 Å². The fourth-order valence-electron chi connectivity index (χ4n) is 3.67. The molecule has 3 heterocycles. The van der Waals surface area contributed by atoms with Gasteiger partial charge in [-0.3, -0.25) is 0 Å². The summed E-state index contributed by atoms with van der Waals surface area (Å²) < 4.78 is 5.26. The van der Waals surface area contributed by atoms with E-state index in [0.29, 0.717) is 0 Å². The summed E-state index contributed by atoms with van der Waals surface area (Å²) in [6.45, 7) is 3.30. The second-order valence-corrected chi connectivity index (χ2v) is 7.08. The molecule has 1 nitrogen and oxygen atoms in total. The monoisotopic (exact) mass is 302 g/mol. The van der Waals surface area contributed by atoms with Crippen LogP contribution in [0.2, 0.25) is 0 Å². The van der Waals surface area contributed by atoms with Crippen LogP contribution in [0.15, 0.2) is 54.7 Å². The van der Waals surface area contributed by atoms with Gasteiger partial charge >= 0.3 is 0 Å². The summed E-state index contributed by atoms with van der Waals surface area (Å²) in [4.78, 5) is 0. The standard InChI is InChI=1S/C20H16NS/c1-13-5-4-6-15-16-9-8-14-10-12-21-11-3-2-7-17(21)18(14)20(16)22-19(13)15/h2-9,11H,10,12H2,1H3/q+1. The number of fused-ring (bicyclic) bond motifs is 7. The first-order valence-corrected chi connectivity index (χ1v) is 8.57. The fourth-order valence-corrected chi connectivity index (χ4v) is 5.02. The number of thiophene rings is 1. The van der Waals surface area contributed by atoms with Crippen molar-refractivity contribution in [1.29, 1.82) is 0 Å². The largest absolute Gasteiger partial charge is 0.214 e. The Hall–Kier alpha value is -2.19. The molecule has 0 bridgehead atoms. The van der Waals surface area contributed by atoms with Gasteiger partial charge in [0.2, 0.25) is 5.69 Å². The molecule has 0 atom stereocenters. The van der Waals surface area contributed by atoms with Crippen molar-refractivity contribution in [2.24, 2.45) is 0 Å². The number of hydrogen-bond acceptors (Lipinski definition) is 1. The van der Waals surface area contributed by atoms with E-state index < -0.39 is 0 Å². The van der Waals surface area contributed by atoms with Crippen LogP contribution in [0, 0.1) is 6.92 Å². The average Bonchev–Trinajstić information content (AvgIpc) is 2.95. The van der Waals surface area contributed by atoms with Gasteiger partial charge in [0, 0.05) is 38.7 Å². The number of benzene rings is 2. The second kappa shape index (κ2) is 4.40. The molecule has 0 radical (unpaired) electrons. The molecule has 22 heavy (non-hydrogen) atoms. The van der Waals surface area contributed by atoms with Gasteiger partial charge in [0.25, 0.3) is 0 Å². The van der Waals surface area contributed by atoms with Gasteiger partial charge in [-0.15, -0.1) is 11.3 Å². The van der Waals surface area contributed by atoms with Gasteiger partial charge in [-0.05, 0) is 24.1 Å². The molecule has 2 heteroatoms. The first kappa shape index (κ1) is 12.4. The van der Waals surface area contributed by atoms with Crippen LogP contribution in [0.4, 0.5) is 0 Å². The highest BCUT2D eigenvalue weighted by molar-refractivity contribution is 7.26. The van der Waals surface area contributed by atoms with E-state index in [1.807, 2.05) is 11.3 Å². The molecule has 0 saturated heterocycles. The van der Waals surface area contributed by atoms with Crippen molar-refractivity contribution in [3.8, 4) is 11.3 Å². The van der Waals surface area contributed by atoms with Crippen LogP contribution in [-0.2, 0) is 13.0 Å². The SMILES string of the molecule is Cc1cccc2c1sc1c3c(ccc12)CC[n+]1ccccc1-3. The Labute approximate surface area is 133 Å². The average molecular weight is 302 g/mol. The molecule has 106 valence electrons. The van der Waals surface area contributed by atoms with Crippen molar-refractivity contribution in [3.05, 3.63) is 65.9 Å². The summed E-state index contributed by atoms with van der Waals surface area (Å²) >= 11 is 1.95. The van der Waals surface area contributed by atoms with E-state index in [2.05, 4.69) is 66.2 Å². The number of hydrogen-bond donors (Lipinski definition) is 0. The summed E-state index contributed by atoms with van der Waals surface area (Å²) in [7, 11) is 0. The molecule has 0 spiro atoms. The predicted octanol–water partition coefficient (Wildman–Crippen LogP) is 4.87. The fraction of sp³-hybridized carbons (Fsp3) is 0.150. The Bertz CT molecular complexity index is 1040. The molecule has 0 unspecified atom stereocenters. The molecule has 0 aliphatic carbocycles. The minimum absolute atomic E-state index is 1.08. The third kappa shape index (κ3) is 1.56. The van der Waals surface area contributed by atoms with Crippen molar-refractivity contribution < 1.29 is 4.57 Å². The maximum Gasteiger partial charge on any atom is 0.214 e. The minimum atomic E-state index is 1.08. The van der Waals surface area contributed by atoms with Crippen molar-refractivity contribution in [2.45, 2.75) is 19.9 Å². The number of pyridine rings is 1. The molecule has 0 fully saturated rings. The highest BCUT2D eigenvalue weighted by atomic mass is 32.1. The van der Waals surface area contributed by atoms with Crippen LogP contribution in [0.5, 0.6) is 0 Å². The topological polar surface area (TPSA) is 3.88 Å². The molecule has 5 rings (SSSR count). The Kier molecular flexibility index (Phi) is 2.47. The molecule has 1 aliphatic rings. The van der Waals surface area contributed by atoms with Crippen LogP contribution in [-0.4, -0.2) is 0 Å². The van der Waals surface area contributed by atoms with E-state index in [0.717, 1.165) is 13.0 Å². The van der Waals surface area contributed by atoms with Gasteiger partial charge in [0.1, 0.15) is 0 Å². The molecular formula is C20H16NS+. The highest BCUT2D eigenvalue weighted by Gasteiger charge is 2.25. The van der Waals surface area contributed by atoms with Crippen LogP contribution >= 0.6 is 11.3 Å². The van der Waals surface area contributed by atoms with Gasteiger partial charge < -0.3 is 0 Å². The lowest BCUT2D eigenvalue weighted by Crippen LogP contribution is -2.39. The summed E-state index contributed by atoms with van der Waals surface area (Å²) in [5.74, 6) is 0. The van der Waals surface area contributed by atoms with Gasteiger partial charge in [0.15, 0.2) is 12.7 Å². The number of aryl methyl sites for hydroxylation is 3. The molecular weight excluding hydrogens is 286 g/mol. The van der Waals surface area contributed by atoms with Crippen LogP contribution in [0.25, 0.3) is 31.4 Å². The maximum absolute atomic E-state index is 2.39. The third-order valence-corrected chi connectivity index (χ3v) is 6.14. The van der Waals surface area contributed by atoms with E-state index in [-0.39, 0.29) is 0 Å². The number of aromatic nitrogens is 1. The summed E-state index contributed by atoms with van der Waals surface area (Å²) in [5, 5.41) is 2.80. The molecule has 4 aromatic rings. The predicted molar refractivity (Wildman–Crippen MR) is 93.4 cm³/mol. The summed E-state index contributed by atoms with van der Waals surface area (Å²) in [6.07, 6.45) is 3.33. The lowest BCUT2D eigenvalue weighted by molar-refractivity contribution is -0.687. The molecule has 0 N–H and O–H groups in total. The first-order chi connectivity index (χ1) is 10.8. The Morgan fingerprint density at radius 3 is 2.77 bits per heavy atom. The highest BCUT2D eigenvalue weighted by Crippen LogP contribution is 2.42. The smallest absolute Gasteiger partial charge is 0.198 e. The van der Waals surface area contributed by atoms with Gasteiger partial charge in [-0.2, -0.15) is 4.57 Å². The van der Waals surface area contributed by atoms with E-state index in [9.17, 15) is 0 Å². The van der Waals surface area contributed by atoms with Crippen LogP contribution < -0.4 is 4.57 Å². The van der Waals surface area contributed by atoms with Crippen molar-refractivity contribution in [1.82, 2.24) is 0 Å². The maximum atomic E-state index is 2.39. The number of nitrogens with zero attached hydrogens (tertiary/aromatic N) is 1. The van der Waals surface area contributed by atoms with E-state index in [4.69, 9.17) is 0 Å². The third-order valence-electron chi connectivity index (χ3n) is 4.77. The zero-order valence-electron chi connectivity index (χ0n) is 12.5. The second-order valence-electron chi connectivity index (χ2n) is 6.06. The quantitative estimate of drug-likeness (QED) is 0.408. The number of rotatable bonds is 0. The minimum Gasteiger partial charge on any atom is -0.198 e. The van der Waals surface area contributed by atoms with Crippen LogP contribution in [0.3, 0.4) is 0 Å². The Morgan fingerprint density at radius 2 is 1.82 bits per heavy atom. The Morgan fingerprint density at radius 1 is 0.909 bits per heavy atom. The van der Waals surface area contributed by atoms with Crippen molar-refractivity contribution in [2.75, 3.05) is 0 Å². The normalized spacial score (nSPS) is 13.3. The molecule has 2 aromatic heterocycles. The zero-order valence-corrected chi connectivity index (χ0v) is 13.3. The van der Waals surface area contributed by atoms with E-state index in [1.54, 1.807) is 0 Å². The summed E-state index contributed by atoms with van der Waals surface area (Å²) in [6, 6.07) is 17.8. The van der Waals surface area contributed by atoms with Crippen molar-refractivity contribution >= 4 is 31.5 Å².